The van der Waals surface area contributed by atoms with Crippen LogP contribution in [-0.4, -0.2) is 19.6 Å². The summed E-state index contributed by atoms with van der Waals surface area (Å²) in [6.45, 7) is 8.40. The Balaban J connectivity index is 2.11. The molecule has 2 rings (SSSR count). The minimum Gasteiger partial charge on any atom is -0.376 e. The summed E-state index contributed by atoms with van der Waals surface area (Å²) in [7, 11) is 1.94. The number of aryl methyl sites for hydroxylation is 2. The third-order valence-corrected chi connectivity index (χ3v) is 3.03. The highest BCUT2D eigenvalue weighted by molar-refractivity contribution is 5.41. The van der Waals surface area contributed by atoms with Crippen LogP contribution in [0.3, 0.4) is 0 Å². The van der Waals surface area contributed by atoms with Gasteiger partial charge in [0, 0.05) is 31.0 Å². The van der Waals surface area contributed by atoms with Gasteiger partial charge in [-0.1, -0.05) is 0 Å². The van der Waals surface area contributed by atoms with Crippen LogP contribution in [-0.2, 0) is 7.05 Å². The SMILES string of the molecule is Cc1nn(C)cc1C(C)Nc1cnn(C(C)C)c1. The molecule has 0 aromatic carbocycles. The highest BCUT2D eigenvalue weighted by Gasteiger charge is 2.12. The summed E-state index contributed by atoms with van der Waals surface area (Å²) in [5.41, 5.74) is 3.32. The van der Waals surface area contributed by atoms with Gasteiger partial charge >= 0.3 is 0 Å². The molecular weight excluding hydrogens is 226 g/mol. The van der Waals surface area contributed by atoms with Gasteiger partial charge in [0.1, 0.15) is 0 Å². The zero-order valence-electron chi connectivity index (χ0n) is 11.7. The lowest BCUT2D eigenvalue weighted by atomic mass is 10.1. The van der Waals surface area contributed by atoms with Gasteiger partial charge < -0.3 is 5.32 Å². The molecule has 1 N–H and O–H groups in total. The first kappa shape index (κ1) is 12.7. The Hall–Kier alpha value is -1.78. The summed E-state index contributed by atoms with van der Waals surface area (Å²) in [6, 6.07) is 0.611. The molecule has 0 aliphatic carbocycles. The summed E-state index contributed by atoms with van der Waals surface area (Å²) in [5, 5.41) is 12.1. The smallest absolute Gasteiger partial charge is 0.0731 e. The van der Waals surface area contributed by atoms with Crippen LogP contribution in [0.15, 0.2) is 18.6 Å². The molecule has 0 fully saturated rings. The molecular formula is C13H21N5. The Morgan fingerprint density at radius 1 is 1.22 bits per heavy atom. The molecule has 0 saturated heterocycles. The van der Waals surface area contributed by atoms with E-state index in [2.05, 4.69) is 42.5 Å². The summed E-state index contributed by atoms with van der Waals surface area (Å²) in [6.07, 6.45) is 5.95. The number of nitrogens with zero attached hydrogens (tertiary/aromatic N) is 4. The summed E-state index contributed by atoms with van der Waals surface area (Å²) < 4.78 is 3.80. The molecule has 1 unspecified atom stereocenters. The summed E-state index contributed by atoms with van der Waals surface area (Å²) >= 11 is 0. The Morgan fingerprint density at radius 3 is 2.44 bits per heavy atom. The van der Waals surface area contributed by atoms with Gasteiger partial charge in [0.05, 0.1) is 23.6 Å². The van der Waals surface area contributed by atoms with Gasteiger partial charge in [-0.25, -0.2) is 0 Å². The van der Waals surface area contributed by atoms with E-state index in [4.69, 9.17) is 0 Å². The van der Waals surface area contributed by atoms with Crippen molar-refractivity contribution in [2.45, 2.75) is 39.8 Å². The van der Waals surface area contributed by atoms with Gasteiger partial charge in [-0.2, -0.15) is 10.2 Å². The van der Waals surface area contributed by atoms with Gasteiger partial charge in [-0.05, 0) is 27.7 Å². The predicted octanol–water partition coefficient (Wildman–Crippen LogP) is 2.68. The number of nitrogens with one attached hydrogen (secondary N) is 1. The molecule has 2 aromatic rings. The second-order valence-corrected chi connectivity index (χ2v) is 5.01. The van der Waals surface area contributed by atoms with Crippen LogP contribution in [0.2, 0.25) is 0 Å². The average Bonchev–Trinajstić information content (AvgIpc) is 2.85. The van der Waals surface area contributed by atoms with Gasteiger partial charge in [0.25, 0.3) is 0 Å². The van der Waals surface area contributed by atoms with E-state index in [9.17, 15) is 0 Å². The van der Waals surface area contributed by atoms with Crippen LogP contribution in [0.5, 0.6) is 0 Å². The zero-order valence-corrected chi connectivity index (χ0v) is 11.7. The maximum atomic E-state index is 4.36. The molecule has 0 spiro atoms. The van der Waals surface area contributed by atoms with Crippen LogP contribution in [0.1, 0.15) is 44.1 Å². The van der Waals surface area contributed by atoms with Crippen LogP contribution in [0.4, 0.5) is 5.69 Å². The molecule has 0 radical (unpaired) electrons. The number of rotatable bonds is 4. The second-order valence-electron chi connectivity index (χ2n) is 5.01. The van der Waals surface area contributed by atoms with E-state index in [1.165, 1.54) is 5.56 Å². The lowest BCUT2D eigenvalue weighted by Gasteiger charge is -2.12. The van der Waals surface area contributed by atoms with Gasteiger partial charge in [-0.3, -0.25) is 9.36 Å². The van der Waals surface area contributed by atoms with E-state index in [1.54, 1.807) is 0 Å². The van der Waals surface area contributed by atoms with Crippen LogP contribution in [0.25, 0.3) is 0 Å². The van der Waals surface area contributed by atoms with Crippen LogP contribution in [0, 0.1) is 6.92 Å². The molecule has 0 saturated carbocycles. The number of aromatic nitrogens is 4. The Bertz CT molecular complexity index is 523. The van der Waals surface area contributed by atoms with Crippen molar-refractivity contribution in [2.24, 2.45) is 7.05 Å². The minimum absolute atomic E-state index is 0.225. The summed E-state index contributed by atoms with van der Waals surface area (Å²) in [5.74, 6) is 0. The number of hydrogen-bond donors (Lipinski definition) is 1. The molecule has 18 heavy (non-hydrogen) atoms. The molecule has 0 bridgehead atoms. The fraction of sp³-hybridized carbons (Fsp3) is 0.538. The standard InChI is InChI=1S/C13H21N5/c1-9(2)18-7-12(6-14-18)15-10(3)13-8-17(5)16-11(13)4/h6-10,15H,1-5H3. The van der Waals surface area contributed by atoms with E-state index in [-0.39, 0.29) is 6.04 Å². The first-order valence-corrected chi connectivity index (χ1v) is 6.28. The quantitative estimate of drug-likeness (QED) is 0.903. The minimum atomic E-state index is 0.225. The van der Waals surface area contributed by atoms with E-state index < -0.39 is 0 Å². The average molecular weight is 247 g/mol. The summed E-state index contributed by atoms with van der Waals surface area (Å²) in [4.78, 5) is 0. The highest BCUT2D eigenvalue weighted by atomic mass is 15.3. The maximum absolute atomic E-state index is 4.36. The molecule has 0 aliphatic rings. The fourth-order valence-electron chi connectivity index (χ4n) is 2.07. The van der Waals surface area contributed by atoms with Crippen molar-refractivity contribution in [2.75, 3.05) is 5.32 Å². The van der Waals surface area contributed by atoms with Crippen LogP contribution >= 0.6 is 0 Å². The van der Waals surface area contributed by atoms with Gasteiger partial charge in [0.15, 0.2) is 0 Å². The van der Waals surface area contributed by atoms with Crippen LogP contribution < -0.4 is 5.32 Å². The van der Waals surface area contributed by atoms with Crippen molar-refractivity contribution in [1.82, 2.24) is 19.6 Å². The fourth-order valence-corrected chi connectivity index (χ4v) is 2.07. The first-order chi connectivity index (χ1) is 8.47. The lowest BCUT2D eigenvalue weighted by molar-refractivity contribution is 0.532. The molecule has 2 aromatic heterocycles. The van der Waals surface area contributed by atoms with E-state index in [0.717, 1.165) is 11.4 Å². The Labute approximate surface area is 108 Å². The molecule has 1 atom stereocenters. The molecule has 5 nitrogen and oxygen atoms in total. The molecule has 2 heterocycles. The first-order valence-electron chi connectivity index (χ1n) is 6.28. The topological polar surface area (TPSA) is 47.7 Å². The lowest BCUT2D eigenvalue weighted by Crippen LogP contribution is -2.06. The Morgan fingerprint density at radius 2 is 1.94 bits per heavy atom. The van der Waals surface area contributed by atoms with Gasteiger partial charge in [-0.15, -0.1) is 0 Å². The molecule has 98 valence electrons. The zero-order chi connectivity index (χ0) is 13.3. The highest BCUT2D eigenvalue weighted by Crippen LogP contribution is 2.21. The normalized spacial score (nSPS) is 13.0. The Kier molecular flexibility index (Phi) is 3.41. The predicted molar refractivity (Wildman–Crippen MR) is 72.6 cm³/mol. The van der Waals surface area contributed by atoms with Crippen molar-refractivity contribution < 1.29 is 0 Å². The van der Waals surface area contributed by atoms with E-state index in [1.807, 2.05) is 35.7 Å². The number of anilines is 1. The third kappa shape index (κ3) is 2.55. The third-order valence-electron chi connectivity index (χ3n) is 3.03. The van der Waals surface area contributed by atoms with E-state index in [0.29, 0.717) is 6.04 Å². The van der Waals surface area contributed by atoms with Crippen molar-refractivity contribution in [3.8, 4) is 0 Å². The number of hydrogen-bond acceptors (Lipinski definition) is 3. The molecule has 5 heteroatoms. The largest absolute Gasteiger partial charge is 0.376 e. The maximum Gasteiger partial charge on any atom is 0.0731 e. The van der Waals surface area contributed by atoms with Crippen molar-refractivity contribution in [3.63, 3.8) is 0 Å². The molecule has 0 amide bonds. The van der Waals surface area contributed by atoms with Gasteiger partial charge in [0.2, 0.25) is 0 Å². The van der Waals surface area contributed by atoms with Crippen molar-refractivity contribution in [1.29, 1.82) is 0 Å². The van der Waals surface area contributed by atoms with Crippen molar-refractivity contribution in [3.05, 3.63) is 29.8 Å². The molecule has 0 aliphatic heterocycles. The van der Waals surface area contributed by atoms with E-state index >= 15 is 0 Å². The monoisotopic (exact) mass is 247 g/mol. The van der Waals surface area contributed by atoms with Crippen molar-refractivity contribution >= 4 is 5.69 Å². The second kappa shape index (κ2) is 4.84.